The molecular weight excluding hydrogens is 276 g/mol. The van der Waals surface area contributed by atoms with Crippen LogP contribution in [0.4, 0.5) is 15.5 Å². The predicted octanol–water partition coefficient (Wildman–Crippen LogP) is 2.70. The number of nitrogens with zero attached hydrogens (tertiary/aromatic N) is 1. The molecule has 1 amide bonds. The SMILES string of the molecule is CC(C)(C)OC(=O)Nc1cc([N+](=O)[O-])sc1C(=O)O. The number of ether oxygens (including phenoxy) is 1. The fraction of sp³-hybridized carbons (Fsp3) is 0.400. The summed E-state index contributed by atoms with van der Waals surface area (Å²) >= 11 is 0.467. The highest BCUT2D eigenvalue weighted by Crippen LogP contribution is 2.33. The van der Waals surface area contributed by atoms with Gasteiger partial charge in [-0.05, 0) is 20.8 Å². The van der Waals surface area contributed by atoms with Crippen molar-refractivity contribution in [2.45, 2.75) is 26.4 Å². The van der Waals surface area contributed by atoms with Gasteiger partial charge in [-0.3, -0.25) is 15.4 Å². The number of anilines is 1. The van der Waals surface area contributed by atoms with Crippen molar-refractivity contribution in [2.75, 3.05) is 5.32 Å². The molecule has 0 aliphatic heterocycles. The second kappa shape index (κ2) is 5.22. The van der Waals surface area contributed by atoms with Gasteiger partial charge in [0, 0.05) is 0 Å². The number of nitrogens with one attached hydrogen (secondary N) is 1. The molecule has 0 radical (unpaired) electrons. The number of carboxylic acid groups (broad SMARTS) is 1. The zero-order valence-corrected chi connectivity index (χ0v) is 11.2. The summed E-state index contributed by atoms with van der Waals surface area (Å²) in [6.45, 7) is 4.92. The molecule has 1 aromatic heterocycles. The second-order valence-electron chi connectivity index (χ2n) is 4.52. The maximum Gasteiger partial charge on any atom is 0.412 e. The topological polar surface area (TPSA) is 119 Å². The first-order valence-electron chi connectivity index (χ1n) is 5.11. The highest BCUT2D eigenvalue weighted by molar-refractivity contribution is 7.17. The standard InChI is InChI=1S/C10H12N2O6S/c1-10(2,3)18-9(15)11-5-4-6(12(16)17)19-7(5)8(13)14/h4H,1-3H3,(H,11,15)(H,13,14). The lowest BCUT2D eigenvalue weighted by Gasteiger charge is -2.19. The molecule has 9 heteroatoms. The normalized spacial score (nSPS) is 10.9. The van der Waals surface area contributed by atoms with Crippen LogP contribution in [0.15, 0.2) is 6.07 Å². The fourth-order valence-electron chi connectivity index (χ4n) is 1.13. The molecule has 0 atom stereocenters. The molecule has 0 saturated heterocycles. The van der Waals surface area contributed by atoms with Crippen LogP contribution in [-0.2, 0) is 4.74 Å². The third-order valence-corrected chi connectivity index (χ3v) is 2.80. The lowest BCUT2D eigenvalue weighted by atomic mass is 10.2. The van der Waals surface area contributed by atoms with E-state index in [1.54, 1.807) is 20.8 Å². The van der Waals surface area contributed by atoms with Crippen LogP contribution in [0.1, 0.15) is 30.4 Å². The van der Waals surface area contributed by atoms with E-state index in [4.69, 9.17) is 9.84 Å². The lowest BCUT2D eigenvalue weighted by molar-refractivity contribution is -0.380. The highest BCUT2D eigenvalue weighted by Gasteiger charge is 2.24. The summed E-state index contributed by atoms with van der Waals surface area (Å²) in [6.07, 6.45) is -0.873. The van der Waals surface area contributed by atoms with E-state index in [9.17, 15) is 19.7 Å². The van der Waals surface area contributed by atoms with Crippen LogP contribution in [0.2, 0.25) is 0 Å². The summed E-state index contributed by atoms with van der Waals surface area (Å²) in [4.78, 5) is 31.9. The Morgan fingerprint density at radius 2 is 2.05 bits per heavy atom. The van der Waals surface area contributed by atoms with E-state index >= 15 is 0 Å². The van der Waals surface area contributed by atoms with Crippen molar-refractivity contribution < 1.29 is 24.4 Å². The number of thiophene rings is 1. The van der Waals surface area contributed by atoms with Crippen molar-refractivity contribution in [2.24, 2.45) is 0 Å². The number of hydrogen-bond acceptors (Lipinski definition) is 6. The number of carbonyl (C=O) groups is 2. The molecule has 0 saturated carbocycles. The molecular formula is C10H12N2O6S. The smallest absolute Gasteiger partial charge is 0.412 e. The van der Waals surface area contributed by atoms with Crippen molar-refractivity contribution in [1.82, 2.24) is 0 Å². The van der Waals surface area contributed by atoms with Crippen molar-refractivity contribution in [3.05, 3.63) is 21.1 Å². The zero-order valence-electron chi connectivity index (χ0n) is 10.4. The van der Waals surface area contributed by atoms with E-state index in [-0.39, 0.29) is 15.6 Å². The Kier molecular flexibility index (Phi) is 4.10. The molecule has 1 rings (SSSR count). The average molecular weight is 288 g/mol. The average Bonchev–Trinajstić information content (AvgIpc) is 2.58. The molecule has 104 valence electrons. The molecule has 0 aliphatic carbocycles. The van der Waals surface area contributed by atoms with Crippen LogP contribution >= 0.6 is 11.3 Å². The van der Waals surface area contributed by atoms with Gasteiger partial charge in [-0.1, -0.05) is 11.3 Å². The monoisotopic (exact) mass is 288 g/mol. The van der Waals surface area contributed by atoms with Crippen LogP contribution in [0.5, 0.6) is 0 Å². The Labute approximate surface area is 112 Å². The van der Waals surface area contributed by atoms with Crippen molar-refractivity contribution in [3.63, 3.8) is 0 Å². The Bertz CT molecular complexity index is 531. The first kappa shape index (κ1) is 14.9. The van der Waals surface area contributed by atoms with Gasteiger partial charge in [0.05, 0.1) is 16.7 Å². The number of carbonyl (C=O) groups excluding carboxylic acids is 1. The highest BCUT2D eigenvalue weighted by atomic mass is 32.1. The maximum absolute atomic E-state index is 11.5. The zero-order chi connectivity index (χ0) is 14.8. The largest absolute Gasteiger partial charge is 0.477 e. The molecule has 1 aromatic rings. The van der Waals surface area contributed by atoms with Gasteiger partial charge >= 0.3 is 17.1 Å². The molecule has 0 aliphatic rings. The molecule has 0 aromatic carbocycles. The third-order valence-electron chi connectivity index (χ3n) is 1.73. The summed E-state index contributed by atoms with van der Waals surface area (Å²) in [7, 11) is 0. The van der Waals surface area contributed by atoms with Crippen LogP contribution in [0.3, 0.4) is 0 Å². The Morgan fingerprint density at radius 1 is 1.47 bits per heavy atom. The number of hydrogen-bond donors (Lipinski definition) is 2. The number of rotatable bonds is 3. The summed E-state index contributed by atoms with van der Waals surface area (Å²) in [5.74, 6) is -1.36. The Morgan fingerprint density at radius 3 is 2.47 bits per heavy atom. The quantitative estimate of drug-likeness (QED) is 0.652. The molecule has 0 fully saturated rings. The number of aromatic carboxylic acids is 1. The van der Waals surface area contributed by atoms with E-state index in [1.807, 2.05) is 0 Å². The van der Waals surface area contributed by atoms with Gasteiger partial charge in [0.1, 0.15) is 10.5 Å². The first-order chi connectivity index (χ1) is 8.60. The molecule has 19 heavy (non-hydrogen) atoms. The van der Waals surface area contributed by atoms with Gasteiger partial charge in [-0.15, -0.1) is 0 Å². The van der Waals surface area contributed by atoms with E-state index < -0.39 is 22.6 Å². The van der Waals surface area contributed by atoms with Crippen LogP contribution in [0, 0.1) is 10.1 Å². The van der Waals surface area contributed by atoms with E-state index in [1.165, 1.54) is 0 Å². The molecule has 2 N–H and O–H groups in total. The minimum absolute atomic E-state index is 0.154. The van der Waals surface area contributed by atoms with Gasteiger partial charge in [0.25, 0.3) is 0 Å². The molecule has 8 nitrogen and oxygen atoms in total. The van der Waals surface area contributed by atoms with Gasteiger partial charge in [0.15, 0.2) is 0 Å². The summed E-state index contributed by atoms with van der Waals surface area (Å²) in [5, 5.41) is 21.3. The van der Waals surface area contributed by atoms with Gasteiger partial charge in [-0.2, -0.15) is 0 Å². The van der Waals surface area contributed by atoms with Crippen LogP contribution < -0.4 is 5.32 Å². The van der Waals surface area contributed by atoms with E-state index in [0.717, 1.165) is 6.07 Å². The Hall–Kier alpha value is -2.16. The summed E-state index contributed by atoms with van der Waals surface area (Å²) < 4.78 is 4.94. The van der Waals surface area contributed by atoms with E-state index in [2.05, 4.69) is 5.32 Å². The van der Waals surface area contributed by atoms with Crippen LogP contribution in [0.25, 0.3) is 0 Å². The third kappa shape index (κ3) is 4.21. The second-order valence-corrected chi connectivity index (χ2v) is 5.55. The predicted molar refractivity (Wildman–Crippen MR) is 67.8 cm³/mol. The minimum Gasteiger partial charge on any atom is -0.477 e. The van der Waals surface area contributed by atoms with Gasteiger partial charge in [0.2, 0.25) is 0 Å². The first-order valence-corrected chi connectivity index (χ1v) is 5.93. The molecule has 1 heterocycles. The summed E-state index contributed by atoms with van der Waals surface area (Å²) in [5.41, 5.74) is -0.909. The van der Waals surface area contributed by atoms with Gasteiger partial charge < -0.3 is 9.84 Å². The van der Waals surface area contributed by atoms with Crippen LogP contribution in [-0.4, -0.2) is 27.7 Å². The van der Waals surface area contributed by atoms with E-state index in [0.29, 0.717) is 11.3 Å². The van der Waals surface area contributed by atoms with Crippen molar-refractivity contribution in [3.8, 4) is 0 Å². The number of carboxylic acids is 1. The van der Waals surface area contributed by atoms with Gasteiger partial charge in [-0.25, -0.2) is 9.59 Å². The number of amides is 1. The summed E-state index contributed by atoms with van der Waals surface area (Å²) in [6, 6.07) is 0.984. The lowest BCUT2D eigenvalue weighted by Crippen LogP contribution is -2.27. The van der Waals surface area contributed by atoms with Crippen molar-refractivity contribution in [1.29, 1.82) is 0 Å². The fourth-order valence-corrected chi connectivity index (χ4v) is 1.90. The molecule has 0 bridgehead atoms. The number of nitro groups is 1. The molecule has 0 unspecified atom stereocenters. The molecule has 0 spiro atoms. The minimum atomic E-state index is -1.36. The maximum atomic E-state index is 11.5. The Balaban J connectivity index is 2.97. The van der Waals surface area contributed by atoms with Crippen molar-refractivity contribution >= 4 is 34.1 Å².